The van der Waals surface area contributed by atoms with E-state index in [0.29, 0.717) is 346 Å². The van der Waals surface area contributed by atoms with Crippen LogP contribution in [0.15, 0.2) is 54.6 Å². The first-order chi connectivity index (χ1) is 68.1. The summed E-state index contributed by atoms with van der Waals surface area (Å²) in [5.41, 5.74) is 7.15. The number of carbonyl (C=O) groups excluding carboxylic acids is 7. The molecule has 0 spiro atoms. The largest absolute Gasteiger partial charge is 0.495 e. The average molecular weight is 2020 g/mol. The molecule has 140 heavy (non-hydrogen) atoms. The Labute approximate surface area is 833 Å². The summed E-state index contributed by atoms with van der Waals surface area (Å²) < 4.78 is 156. The topological polar surface area (TPSA) is 467 Å². The number of amides is 5. The third-order valence-electron chi connectivity index (χ3n) is 21.0. The third kappa shape index (κ3) is 65.8. The Bertz CT molecular complexity index is 3480. The molecule has 2 heterocycles. The van der Waals surface area contributed by atoms with Crippen LogP contribution in [0.2, 0.25) is 5.02 Å². The number of cyclic esters (lactones) is 2. The van der Waals surface area contributed by atoms with Gasteiger partial charge in [-0.05, 0) is 86.3 Å². The van der Waals surface area contributed by atoms with Crippen LogP contribution in [-0.2, 0) is 174 Å². The van der Waals surface area contributed by atoms with Crippen LogP contribution in [0.3, 0.4) is 0 Å². The molecule has 1 saturated heterocycles. The predicted octanol–water partition coefficient (Wildman–Crippen LogP) is 4.91. The molecule has 806 valence electrons. The van der Waals surface area contributed by atoms with Crippen molar-refractivity contribution in [2.75, 3.05) is 338 Å². The van der Waals surface area contributed by atoms with Crippen molar-refractivity contribution in [3.63, 3.8) is 0 Å². The predicted molar refractivity (Wildman–Crippen MR) is 515 cm³/mol. The van der Waals surface area contributed by atoms with Gasteiger partial charge in [0, 0.05) is 51.9 Å². The van der Waals surface area contributed by atoms with E-state index in [4.69, 9.17) is 150 Å². The molecule has 42 heteroatoms. The van der Waals surface area contributed by atoms with Crippen molar-refractivity contribution in [2.45, 2.75) is 142 Å². The number of unbranched alkanes of at least 4 members (excludes halogenated alkanes) is 1. The lowest BCUT2D eigenvalue weighted by atomic mass is 9.92. The van der Waals surface area contributed by atoms with Crippen LogP contribution in [-0.4, -0.2) is 416 Å². The number of halogens is 1. The minimum atomic E-state index is -1.29. The highest BCUT2D eigenvalue weighted by atomic mass is 35.5. The van der Waals surface area contributed by atoms with E-state index in [1.165, 1.54) is 13.2 Å². The third-order valence-corrected chi connectivity index (χ3v) is 21.3. The number of epoxide rings is 1. The SMILES string of the molecule is COCCOCCOCCOCCOCCOCCOCCOCCOCCOCCOCCOCCOCCOCCOCCOCCOCCOCCOCCOCCOCCOCCOCCOCCC(=O)NCCCCC(NC(=O)[C@@H](N)C(C)C)C(=O)NCc1ccc([C@H]2O[C@@H]2[C@@H](C)C2C/C=C/C(=O)N[C@H](Cc3ccc(OC)c(Cl)c3)C(=O)NCC(C)(C)C(=O)O[C@@H](CC(C)C)C(=O)O2)cc1. The molecule has 0 radical (unpaired) electrons. The van der Waals surface area contributed by atoms with Crippen LogP contribution >= 0.6 is 11.6 Å². The van der Waals surface area contributed by atoms with E-state index in [-0.39, 0.29) is 69.2 Å². The van der Waals surface area contributed by atoms with Crippen molar-refractivity contribution >= 4 is 53.1 Å². The number of nitrogens with one attached hydrogen (secondary N) is 5. The summed E-state index contributed by atoms with van der Waals surface area (Å²) in [4.78, 5) is 94.8. The van der Waals surface area contributed by atoms with Crippen LogP contribution in [0.1, 0.15) is 110 Å². The van der Waals surface area contributed by atoms with Gasteiger partial charge in [0.2, 0.25) is 29.5 Å². The summed E-state index contributed by atoms with van der Waals surface area (Å²) in [5, 5.41) is 14.6. The van der Waals surface area contributed by atoms with Crippen molar-refractivity contribution < 1.29 is 166 Å². The normalized spacial score (nSPS) is 17.3. The van der Waals surface area contributed by atoms with Gasteiger partial charge in [-0.1, -0.05) is 82.6 Å². The van der Waals surface area contributed by atoms with Gasteiger partial charge in [-0.15, -0.1) is 0 Å². The highest BCUT2D eigenvalue weighted by Crippen LogP contribution is 2.45. The zero-order chi connectivity index (χ0) is 101. The fraction of sp³-hybridized carbons (Fsp3) is 0.786. The lowest BCUT2D eigenvalue weighted by Gasteiger charge is -2.29. The van der Waals surface area contributed by atoms with Gasteiger partial charge in [0.1, 0.15) is 30.0 Å². The number of esters is 2. The lowest BCUT2D eigenvalue weighted by molar-refractivity contribution is -0.179. The minimum absolute atomic E-state index is 0.0667. The highest BCUT2D eigenvalue weighted by Gasteiger charge is 2.48. The second-order valence-corrected chi connectivity index (χ2v) is 34.2. The molecule has 41 nitrogen and oxygen atoms in total. The Morgan fingerprint density at radius 1 is 0.479 bits per heavy atom. The molecule has 2 aromatic carbocycles. The maximum Gasteiger partial charge on any atom is 0.347 e. The summed E-state index contributed by atoms with van der Waals surface area (Å²) in [6.07, 6.45) is 1.77. The number of ether oxygens (including phenoxy) is 28. The van der Waals surface area contributed by atoms with Crippen molar-refractivity contribution in [2.24, 2.45) is 28.9 Å². The Hall–Kier alpha value is -6.48. The van der Waals surface area contributed by atoms with Crippen LogP contribution in [0.4, 0.5) is 0 Å². The number of nitrogens with two attached hydrogens (primary N) is 1. The van der Waals surface area contributed by atoms with E-state index in [1.807, 2.05) is 58.9 Å². The van der Waals surface area contributed by atoms with E-state index < -0.39 is 83.3 Å². The van der Waals surface area contributed by atoms with Gasteiger partial charge >= 0.3 is 11.9 Å². The molecule has 1 fully saturated rings. The van der Waals surface area contributed by atoms with Gasteiger partial charge in [0.05, 0.1) is 340 Å². The Kier molecular flexibility index (Phi) is 76.1. The van der Waals surface area contributed by atoms with Gasteiger partial charge in [-0.25, -0.2) is 4.79 Å². The van der Waals surface area contributed by atoms with Gasteiger partial charge in [-0.2, -0.15) is 0 Å². The van der Waals surface area contributed by atoms with Crippen LogP contribution in [0, 0.1) is 23.2 Å². The molecule has 0 aromatic heterocycles. The molecule has 2 aliphatic rings. The fourth-order valence-corrected chi connectivity index (χ4v) is 13.1. The Morgan fingerprint density at radius 3 is 1.22 bits per heavy atom. The van der Waals surface area contributed by atoms with Crippen molar-refractivity contribution in [3.05, 3.63) is 76.3 Å². The molecule has 0 bridgehead atoms. The monoisotopic (exact) mass is 2020 g/mol. The number of methoxy groups -OCH3 is 2. The molecule has 4 rings (SSSR count). The van der Waals surface area contributed by atoms with E-state index in [0.717, 1.165) is 11.1 Å². The second kappa shape index (κ2) is 84.7. The maximum atomic E-state index is 14.1. The summed E-state index contributed by atoms with van der Waals surface area (Å²) in [6.45, 7) is 34.3. The van der Waals surface area contributed by atoms with Crippen molar-refractivity contribution in [1.82, 2.24) is 26.6 Å². The standard InChI is InChI=1S/C98H167ClN6O35/c1-76(2)71-87-96(111)138-85(14-12-15-89(107)104-84(73-80-18-21-86(114-9)82(99)72-80)94(109)103-75-98(6,7)97(112)139-87)78(5)91-92(140-91)81-19-16-79(17-20-81)74-102-93(108)83(105-95(110)90(100)77(3)4)13-10-11-23-101-88(106)22-24-115-27-28-117-31-32-119-35-36-121-39-40-123-43-44-125-47-48-127-51-52-129-55-56-131-59-60-133-63-64-135-67-68-137-70-69-136-66-65-134-62-61-132-58-57-130-54-53-128-50-49-126-46-45-124-42-41-122-38-37-120-34-33-118-30-29-116-26-25-113-8/h12,15-21,72,76-78,83-85,87,90-92H,10-11,13-14,22-71,73-75,100H2,1-9H3,(H,101,106)(H,102,108)(H,103,109)(H,104,107)(H,105,110)/b15-12+/t78-,83?,84+,85?,87-,90-,91+,92+/m0/s1. The zero-order valence-electron chi connectivity index (χ0n) is 84.5. The van der Waals surface area contributed by atoms with E-state index in [2.05, 4.69) is 26.6 Å². The number of hydrogen-bond donors (Lipinski definition) is 6. The first-order valence-electron chi connectivity index (χ1n) is 49.2. The van der Waals surface area contributed by atoms with Crippen LogP contribution < -0.4 is 37.1 Å². The average Bonchev–Trinajstić information content (AvgIpc) is 1.63. The summed E-state index contributed by atoms with van der Waals surface area (Å²) in [7, 11) is 3.13. The van der Waals surface area contributed by atoms with E-state index in [1.54, 1.807) is 45.2 Å². The van der Waals surface area contributed by atoms with Gasteiger partial charge < -0.3 is 165 Å². The first kappa shape index (κ1) is 126. The van der Waals surface area contributed by atoms with Crippen molar-refractivity contribution in [1.29, 1.82) is 0 Å². The van der Waals surface area contributed by atoms with Crippen LogP contribution in [0.25, 0.3) is 0 Å². The molecular formula is C98H167ClN6O35. The number of benzene rings is 2. The zero-order valence-corrected chi connectivity index (χ0v) is 85.3. The number of hydrogen-bond acceptors (Lipinski definition) is 36. The number of carbonyl (C=O) groups is 7. The van der Waals surface area contributed by atoms with Gasteiger partial charge in [0.25, 0.3) is 0 Å². The Balaban J connectivity index is 0.873. The molecule has 0 saturated carbocycles. The Morgan fingerprint density at radius 2 is 0.857 bits per heavy atom. The summed E-state index contributed by atoms with van der Waals surface area (Å²) in [6, 6.07) is 9.75. The first-order valence-corrected chi connectivity index (χ1v) is 49.6. The molecule has 7 N–H and O–H groups in total. The molecular weight excluding hydrogens is 1860 g/mol. The minimum Gasteiger partial charge on any atom is -0.495 e. The summed E-state index contributed by atoms with van der Waals surface area (Å²) in [5.74, 6) is -3.85. The molecule has 5 amide bonds. The lowest BCUT2D eigenvalue weighted by Crippen LogP contribution is -2.52. The van der Waals surface area contributed by atoms with Crippen LogP contribution in [0.5, 0.6) is 5.75 Å². The quantitative estimate of drug-likeness (QED) is 0.0291. The molecule has 8 atom stereocenters. The highest BCUT2D eigenvalue weighted by molar-refractivity contribution is 6.32. The van der Waals surface area contributed by atoms with Gasteiger partial charge in [0.15, 0.2) is 6.10 Å². The second-order valence-electron chi connectivity index (χ2n) is 33.8. The molecule has 2 aromatic rings. The van der Waals surface area contributed by atoms with Crippen molar-refractivity contribution in [3.8, 4) is 5.75 Å². The van der Waals surface area contributed by atoms with Gasteiger partial charge in [-0.3, -0.25) is 28.8 Å². The number of rotatable bonds is 91. The maximum absolute atomic E-state index is 14.1. The molecule has 2 aliphatic heterocycles. The smallest absolute Gasteiger partial charge is 0.347 e. The fourth-order valence-electron chi connectivity index (χ4n) is 12.8. The van der Waals surface area contributed by atoms with E-state index in [9.17, 15) is 33.6 Å². The van der Waals surface area contributed by atoms with E-state index >= 15 is 0 Å². The summed E-state index contributed by atoms with van der Waals surface area (Å²) >= 11 is 6.41. The molecule has 0 aliphatic carbocycles. The molecule has 2 unspecified atom stereocenters.